The highest BCUT2D eigenvalue weighted by atomic mass is 32.1. The van der Waals surface area contributed by atoms with Crippen molar-refractivity contribution in [3.05, 3.63) is 52.0 Å². The fraction of sp³-hybridized carbons (Fsp3) is 0.214. The lowest BCUT2D eigenvalue weighted by molar-refractivity contribution is -0.117. The summed E-state index contributed by atoms with van der Waals surface area (Å²) in [7, 11) is 1.42. The quantitative estimate of drug-likeness (QED) is 0.828. The third kappa shape index (κ3) is 3.17. The molecule has 0 saturated carbocycles. The van der Waals surface area contributed by atoms with Crippen LogP contribution in [0.1, 0.15) is 11.1 Å². The van der Waals surface area contributed by atoms with E-state index < -0.39 is 5.82 Å². The molecule has 0 aliphatic heterocycles. The second-order valence-electron chi connectivity index (χ2n) is 3.99. The van der Waals surface area contributed by atoms with Gasteiger partial charge in [0.2, 0.25) is 0 Å². The molecule has 0 unspecified atom stereocenters. The number of hydrogen-bond acceptors (Lipinski definition) is 3. The van der Waals surface area contributed by atoms with Crippen LogP contribution < -0.4 is 4.74 Å². The molecule has 4 heteroatoms. The summed E-state index contributed by atoms with van der Waals surface area (Å²) >= 11 is 1.57. The second kappa shape index (κ2) is 5.78. The van der Waals surface area contributed by atoms with Crippen LogP contribution in [-0.4, -0.2) is 12.9 Å². The van der Waals surface area contributed by atoms with Gasteiger partial charge in [0, 0.05) is 12.8 Å². The monoisotopic (exact) mass is 264 g/mol. The zero-order valence-corrected chi connectivity index (χ0v) is 10.8. The van der Waals surface area contributed by atoms with Gasteiger partial charge in [-0.15, -0.1) is 0 Å². The molecule has 94 valence electrons. The number of halogens is 1. The van der Waals surface area contributed by atoms with E-state index in [9.17, 15) is 9.18 Å². The summed E-state index contributed by atoms with van der Waals surface area (Å²) in [4.78, 5) is 11.8. The average molecular weight is 264 g/mol. The molecule has 18 heavy (non-hydrogen) atoms. The van der Waals surface area contributed by atoms with Crippen molar-refractivity contribution < 1.29 is 13.9 Å². The molecule has 0 saturated heterocycles. The minimum Gasteiger partial charge on any atom is -0.494 e. The van der Waals surface area contributed by atoms with Crippen molar-refractivity contribution in [2.45, 2.75) is 12.8 Å². The highest BCUT2D eigenvalue weighted by Crippen LogP contribution is 2.18. The maximum atomic E-state index is 13.4. The van der Waals surface area contributed by atoms with Crippen LogP contribution in [0.2, 0.25) is 0 Å². The molecular formula is C14H13FO2S. The molecule has 0 amide bonds. The van der Waals surface area contributed by atoms with Gasteiger partial charge in [0.25, 0.3) is 0 Å². The molecule has 1 aromatic heterocycles. The Labute approximate surface area is 109 Å². The molecule has 0 atom stereocenters. The van der Waals surface area contributed by atoms with Crippen LogP contribution >= 0.6 is 11.3 Å². The Morgan fingerprint density at radius 2 is 2.06 bits per heavy atom. The number of benzene rings is 1. The van der Waals surface area contributed by atoms with Crippen molar-refractivity contribution in [1.29, 1.82) is 0 Å². The Morgan fingerprint density at radius 1 is 1.28 bits per heavy atom. The number of rotatable bonds is 5. The Hall–Kier alpha value is -1.68. The van der Waals surface area contributed by atoms with Gasteiger partial charge in [-0.3, -0.25) is 4.79 Å². The van der Waals surface area contributed by atoms with Crippen LogP contribution in [0.15, 0.2) is 35.0 Å². The number of ether oxygens (including phenoxy) is 1. The summed E-state index contributed by atoms with van der Waals surface area (Å²) in [5.74, 6) is -0.152. The first kappa shape index (κ1) is 12.8. The molecule has 1 heterocycles. The van der Waals surface area contributed by atoms with Crippen molar-refractivity contribution in [3.8, 4) is 5.75 Å². The van der Waals surface area contributed by atoms with Crippen LogP contribution in [0.25, 0.3) is 0 Å². The van der Waals surface area contributed by atoms with Gasteiger partial charge in [-0.25, -0.2) is 4.39 Å². The molecule has 0 spiro atoms. The largest absolute Gasteiger partial charge is 0.494 e. The molecule has 1 aromatic carbocycles. The van der Waals surface area contributed by atoms with Crippen LogP contribution in [0.3, 0.4) is 0 Å². The minimum atomic E-state index is -0.432. The molecule has 2 aromatic rings. The van der Waals surface area contributed by atoms with Crippen molar-refractivity contribution in [3.63, 3.8) is 0 Å². The predicted molar refractivity (Wildman–Crippen MR) is 69.7 cm³/mol. The zero-order chi connectivity index (χ0) is 13.0. The standard InChI is InChI=1S/C14H13FO2S/c1-17-14-3-2-10(8-13(14)15)6-12(16)7-11-4-5-18-9-11/h2-5,8-9H,6-7H2,1H3. The maximum absolute atomic E-state index is 13.4. The Bertz CT molecular complexity index is 535. The van der Waals surface area contributed by atoms with Gasteiger partial charge in [0.15, 0.2) is 11.6 Å². The summed E-state index contributed by atoms with van der Waals surface area (Å²) in [5, 5.41) is 3.89. The number of hydrogen-bond donors (Lipinski definition) is 0. The van der Waals surface area contributed by atoms with E-state index in [2.05, 4.69) is 0 Å². The van der Waals surface area contributed by atoms with Gasteiger partial charge in [-0.05, 0) is 40.1 Å². The van der Waals surface area contributed by atoms with Gasteiger partial charge < -0.3 is 4.74 Å². The van der Waals surface area contributed by atoms with Gasteiger partial charge in [0.1, 0.15) is 5.78 Å². The molecule has 0 aliphatic rings. The van der Waals surface area contributed by atoms with Gasteiger partial charge in [-0.1, -0.05) is 6.07 Å². The van der Waals surface area contributed by atoms with E-state index in [1.54, 1.807) is 23.5 Å². The van der Waals surface area contributed by atoms with E-state index in [4.69, 9.17) is 4.74 Å². The maximum Gasteiger partial charge on any atom is 0.165 e. The summed E-state index contributed by atoms with van der Waals surface area (Å²) in [6.45, 7) is 0. The van der Waals surface area contributed by atoms with E-state index in [0.717, 1.165) is 5.56 Å². The lowest BCUT2D eigenvalue weighted by Gasteiger charge is -2.04. The lowest BCUT2D eigenvalue weighted by atomic mass is 10.0. The highest BCUT2D eigenvalue weighted by molar-refractivity contribution is 7.07. The van der Waals surface area contributed by atoms with Crippen LogP contribution in [0.4, 0.5) is 4.39 Å². The molecule has 0 bridgehead atoms. The third-order valence-electron chi connectivity index (χ3n) is 2.60. The lowest BCUT2D eigenvalue weighted by Crippen LogP contribution is -2.06. The molecule has 0 fully saturated rings. The topological polar surface area (TPSA) is 26.3 Å². The number of methoxy groups -OCH3 is 1. The second-order valence-corrected chi connectivity index (χ2v) is 4.77. The number of thiophene rings is 1. The van der Waals surface area contributed by atoms with Crippen LogP contribution in [0, 0.1) is 5.82 Å². The van der Waals surface area contributed by atoms with E-state index in [1.807, 2.05) is 16.8 Å². The smallest absolute Gasteiger partial charge is 0.165 e. The fourth-order valence-corrected chi connectivity index (χ4v) is 2.40. The third-order valence-corrected chi connectivity index (χ3v) is 3.33. The first-order valence-electron chi connectivity index (χ1n) is 5.54. The summed E-state index contributed by atoms with van der Waals surface area (Å²) in [5.41, 5.74) is 1.69. The Balaban J connectivity index is 2.01. The van der Waals surface area contributed by atoms with Crippen LogP contribution in [0.5, 0.6) is 5.75 Å². The van der Waals surface area contributed by atoms with E-state index in [-0.39, 0.29) is 18.0 Å². The molecule has 2 nitrogen and oxygen atoms in total. The van der Waals surface area contributed by atoms with E-state index >= 15 is 0 Å². The average Bonchev–Trinajstić information content (AvgIpc) is 2.82. The Morgan fingerprint density at radius 3 is 2.67 bits per heavy atom. The normalized spacial score (nSPS) is 10.3. The summed E-state index contributed by atoms with van der Waals surface area (Å²) < 4.78 is 18.3. The minimum absolute atomic E-state index is 0.0815. The summed E-state index contributed by atoms with van der Waals surface area (Å²) in [6, 6.07) is 6.54. The van der Waals surface area contributed by atoms with Crippen molar-refractivity contribution in [2.75, 3.05) is 7.11 Å². The van der Waals surface area contributed by atoms with Crippen molar-refractivity contribution in [1.82, 2.24) is 0 Å². The molecular weight excluding hydrogens is 251 g/mol. The molecule has 0 N–H and O–H groups in total. The van der Waals surface area contributed by atoms with E-state index in [0.29, 0.717) is 12.0 Å². The van der Waals surface area contributed by atoms with Gasteiger partial charge in [-0.2, -0.15) is 11.3 Å². The SMILES string of the molecule is COc1ccc(CC(=O)Cc2ccsc2)cc1F. The first-order chi connectivity index (χ1) is 8.69. The zero-order valence-electron chi connectivity index (χ0n) is 9.98. The predicted octanol–water partition coefficient (Wildman–Crippen LogP) is 3.25. The first-order valence-corrected chi connectivity index (χ1v) is 6.48. The van der Waals surface area contributed by atoms with Gasteiger partial charge in [0.05, 0.1) is 7.11 Å². The molecule has 2 rings (SSSR count). The number of ketones is 1. The summed E-state index contributed by atoms with van der Waals surface area (Å²) in [6.07, 6.45) is 0.647. The Kier molecular flexibility index (Phi) is 4.10. The van der Waals surface area contributed by atoms with Gasteiger partial charge >= 0.3 is 0 Å². The molecule has 0 radical (unpaired) electrons. The fourth-order valence-electron chi connectivity index (χ4n) is 1.73. The molecule has 0 aliphatic carbocycles. The van der Waals surface area contributed by atoms with E-state index in [1.165, 1.54) is 13.2 Å². The van der Waals surface area contributed by atoms with Crippen molar-refractivity contribution in [2.24, 2.45) is 0 Å². The van der Waals surface area contributed by atoms with Crippen LogP contribution in [-0.2, 0) is 17.6 Å². The number of carbonyl (C=O) groups is 1. The number of carbonyl (C=O) groups excluding carboxylic acids is 1. The number of Topliss-reactive ketones (excluding diaryl/α,β-unsaturated/α-hetero) is 1. The highest BCUT2D eigenvalue weighted by Gasteiger charge is 2.08. The van der Waals surface area contributed by atoms with Crippen molar-refractivity contribution >= 4 is 17.1 Å².